The Hall–Kier alpha value is -0.900. The van der Waals surface area contributed by atoms with Gasteiger partial charge in [0, 0.05) is 18.5 Å². The molecule has 13 heavy (non-hydrogen) atoms. The van der Waals surface area contributed by atoms with E-state index in [9.17, 15) is 0 Å². The van der Waals surface area contributed by atoms with E-state index in [-0.39, 0.29) is 11.5 Å². The zero-order chi connectivity index (χ0) is 9.64. The summed E-state index contributed by atoms with van der Waals surface area (Å²) in [5.41, 5.74) is 6.17. The van der Waals surface area contributed by atoms with Crippen LogP contribution in [0.3, 0.4) is 0 Å². The summed E-state index contributed by atoms with van der Waals surface area (Å²) in [7, 11) is 0. The van der Waals surface area contributed by atoms with Crippen molar-refractivity contribution in [3.8, 4) is 0 Å². The van der Waals surface area contributed by atoms with E-state index in [1.807, 2.05) is 4.68 Å². The Labute approximate surface area is 78.1 Å². The molecule has 2 N–H and O–H groups in total. The van der Waals surface area contributed by atoms with Crippen LogP contribution in [0.1, 0.15) is 32.5 Å². The second kappa shape index (κ2) is 2.54. The maximum Gasteiger partial charge on any atom is 0.138 e. The van der Waals surface area contributed by atoms with Crippen molar-refractivity contribution in [2.75, 3.05) is 0 Å². The van der Waals surface area contributed by atoms with Gasteiger partial charge in [-0.25, -0.2) is 4.98 Å². The lowest BCUT2D eigenvalue weighted by atomic mass is 10.1. The first kappa shape index (κ1) is 8.69. The van der Waals surface area contributed by atoms with E-state index in [1.54, 1.807) is 6.33 Å². The van der Waals surface area contributed by atoms with Crippen LogP contribution in [-0.2, 0) is 6.54 Å². The second-order valence-electron chi connectivity index (χ2n) is 4.26. The van der Waals surface area contributed by atoms with Gasteiger partial charge in [-0.3, -0.25) is 4.68 Å². The van der Waals surface area contributed by atoms with Gasteiger partial charge in [0.2, 0.25) is 0 Å². The molecule has 72 valence electrons. The number of nitrogens with two attached hydrogens (primary N) is 1. The minimum atomic E-state index is 0.194. The molecule has 0 spiro atoms. The first-order chi connectivity index (χ1) is 6.09. The number of aromatic nitrogens is 3. The van der Waals surface area contributed by atoms with Crippen molar-refractivity contribution in [3.05, 3.63) is 12.2 Å². The molecule has 0 bridgehead atoms. The third kappa shape index (κ3) is 1.09. The van der Waals surface area contributed by atoms with Crippen molar-refractivity contribution in [1.29, 1.82) is 0 Å². The summed E-state index contributed by atoms with van der Waals surface area (Å²) in [6, 6.07) is 0.238. The predicted molar refractivity (Wildman–Crippen MR) is 50.2 cm³/mol. The SMILES string of the molecule is CCn1ncnc1[C@H]1[C@H](N)C1(C)C. The minimum Gasteiger partial charge on any atom is -0.327 e. The van der Waals surface area contributed by atoms with Gasteiger partial charge in [-0.1, -0.05) is 13.8 Å². The van der Waals surface area contributed by atoms with E-state index >= 15 is 0 Å². The topological polar surface area (TPSA) is 56.7 Å². The summed E-state index contributed by atoms with van der Waals surface area (Å²) >= 11 is 0. The molecule has 1 heterocycles. The van der Waals surface area contributed by atoms with Crippen LogP contribution < -0.4 is 5.73 Å². The fourth-order valence-corrected chi connectivity index (χ4v) is 1.93. The molecule has 1 saturated carbocycles. The smallest absolute Gasteiger partial charge is 0.138 e. The molecule has 0 aliphatic heterocycles. The Balaban J connectivity index is 2.28. The minimum absolute atomic E-state index is 0.194. The number of hydrogen-bond acceptors (Lipinski definition) is 3. The molecule has 2 atom stereocenters. The molecule has 1 fully saturated rings. The highest BCUT2D eigenvalue weighted by Gasteiger charge is 2.58. The zero-order valence-electron chi connectivity index (χ0n) is 8.36. The van der Waals surface area contributed by atoms with Gasteiger partial charge in [-0.05, 0) is 12.3 Å². The molecule has 4 nitrogen and oxygen atoms in total. The van der Waals surface area contributed by atoms with Crippen LogP contribution in [0, 0.1) is 5.41 Å². The Morgan fingerprint density at radius 3 is 2.69 bits per heavy atom. The lowest BCUT2D eigenvalue weighted by Gasteiger charge is -2.03. The molecule has 1 aromatic rings. The van der Waals surface area contributed by atoms with Gasteiger partial charge in [-0.15, -0.1) is 0 Å². The first-order valence-electron chi connectivity index (χ1n) is 4.72. The van der Waals surface area contributed by atoms with Crippen LogP contribution >= 0.6 is 0 Å². The average Bonchev–Trinajstić information content (AvgIpc) is 2.54. The van der Waals surface area contributed by atoms with Crippen LogP contribution in [0.4, 0.5) is 0 Å². The molecule has 4 heteroatoms. The molecule has 1 aliphatic rings. The van der Waals surface area contributed by atoms with Gasteiger partial charge in [0.15, 0.2) is 0 Å². The molecule has 1 aromatic heterocycles. The predicted octanol–water partition coefficient (Wildman–Crippen LogP) is 0.749. The van der Waals surface area contributed by atoms with Crippen LogP contribution in [0.25, 0.3) is 0 Å². The van der Waals surface area contributed by atoms with Crippen molar-refractivity contribution in [3.63, 3.8) is 0 Å². The van der Waals surface area contributed by atoms with E-state index in [4.69, 9.17) is 5.73 Å². The van der Waals surface area contributed by atoms with Crippen LogP contribution in [-0.4, -0.2) is 20.8 Å². The molecule has 0 unspecified atom stereocenters. The fraction of sp³-hybridized carbons (Fsp3) is 0.778. The Morgan fingerprint density at radius 2 is 2.23 bits per heavy atom. The summed E-state index contributed by atoms with van der Waals surface area (Å²) in [5.74, 6) is 1.43. The Bertz CT molecular complexity index is 315. The number of nitrogens with zero attached hydrogens (tertiary/aromatic N) is 3. The maximum absolute atomic E-state index is 5.98. The third-order valence-corrected chi connectivity index (χ3v) is 3.13. The molecule has 1 aliphatic carbocycles. The lowest BCUT2D eigenvalue weighted by molar-refractivity contribution is 0.556. The highest BCUT2D eigenvalue weighted by molar-refractivity contribution is 5.24. The average molecular weight is 180 g/mol. The summed E-state index contributed by atoms with van der Waals surface area (Å²) in [6.45, 7) is 7.29. The first-order valence-corrected chi connectivity index (χ1v) is 4.72. The number of hydrogen-bond donors (Lipinski definition) is 1. The van der Waals surface area contributed by atoms with E-state index in [0.29, 0.717) is 5.92 Å². The largest absolute Gasteiger partial charge is 0.327 e. The van der Waals surface area contributed by atoms with Crippen LogP contribution in [0.15, 0.2) is 6.33 Å². The van der Waals surface area contributed by atoms with Crippen molar-refractivity contribution in [2.24, 2.45) is 11.1 Å². The van der Waals surface area contributed by atoms with E-state index in [1.165, 1.54) is 0 Å². The zero-order valence-corrected chi connectivity index (χ0v) is 8.36. The summed E-state index contributed by atoms with van der Waals surface area (Å²) in [5, 5.41) is 4.15. The van der Waals surface area contributed by atoms with Gasteiger partial charge in [0.1, 0.15) is 12.2 Å². The van der Waals surface area contributed by atoms with Gasteiger partial charge < -0.3 is 5.73 Å². The number of aryl methyl sites for hydroxylation is 1. The standard InChI is InChI=1S/C9H16N4/c1-4-13-8(11-5-12-13)6-7(10)9(6,2)3/h5-7H,4,10H2,1-3H3/t6-,7+/m1/s1. The van der Waals surface area contributed by atoms with Crippen molar-refractivity contribution >= 4 is 0 Å². The highest BCUT2D eigenvalue weighted by atomic mass is 15.3. The molecule has 0 amide bonds. The summed E-state index contributed by atoms with van der Waals surface area (Å²) < 4.78 is 1.93. The molecule has 0 aromatic carbocycles. The number of rotatable bonds is 2. The maximum atomic E-state index is 5.98. The van der Waals surface area contributed by atoms with Crippen LogP contribution in [0.2, 0.25) is 0 Å². The Morgan fingerprint density at radius 1 is 1.62 bits per heavy atom. The second-order valence-corrected chi connectivity index (χ2v) is 4.26. The van der Waals surface area contributed by atoms with E-state index in [0.717, 1.165) is 12.4 Å². The van der Waals surface area contributed by atoms with E-state index < -0.39 is 0 Å². The highest BCUT2D eigenvalue weighted by Crippen LogP contribution is 2.56. The van der Waals surface area contributed by atoms with Crippen molar-refractivity contribution in [2.45, 2.75) is 39.3 Å². The van der Waals surface area contributed by atoms with Crippen molar-refractivity contribution in [1.82, 2.24) is 14.8 Å². The van der Waals surface area contributed by atoms with Gasteiger partial charge >= 0.3 is 0 Å². The molecule has 0 radical (unpaired) electrons. The monoisotopic (exact) mass is 180 g/mol. The summed E-state index contributed by atoms with van der Waals surface area (Å²) in [6.07, 6.45) is 1.61. The molecule has 2 rings (SSSR count). The fourth-order valence-electron chi connectivity index (χ4n) is 1.93. The van der Waals surface area contributed by atoms with Crippen molar-refractivity contribution < 1.29 is 0 Å². The normalized spacial score (nSPS) is 30.5. The van der Waals surface area contributed by atoms with Gasteiger partial charge in [0.05, 0.1) is 0 Å². The quantitative estimate of drug-likeness (QED) is 0.730. The van der Waals surface area contributed by atoms with Crippen LogP contribution in [0.5, 0.6) is 0 Å². The Kier molecular flexibility index (Phi) is 1.70. The molecule has 0 saturated heterocycles. The van der Waals surface area contributed by atoms with Gasteiger partial charge in [0.25, 0.3) is 0 Å². The van der Waals surface area contributed by atoms with E-state index in [2.05, 4.69) is 30.9 Å². The lowest BCUT2D eigenvalue weighted by Crippen LogP contribution is -2.08. The summed E-state index contributed by atoms with van der Waals surface area (Å²) in [4.78, 5) is 4.27. The molecular weight excluding hydrogens is 164 g/mol. The molecular formula is C9H16N4. The third-order valence-electron chi connectivity index (χ3n) is 3.13. The van der Waals surface area contributed by atoms with Gasteiger partial charge in [-0.2, -0.15) is 5.10 Å².